The molecule has 2 aromatic carbocycles. The first kappa shape index (κ1) is 19.0. The van der Waals surface area contributed by atoms with Gasteiger partial charge in [0.05, 0.1) is 6.54 Å². The molecule has 5 heteroatoms. The van der Waals surface area contributed by atoms with E-state index in [1.54, 1.807) is 24.3 Å². The number of amides is 1. The van der Waals surface area contributed by atoms with Crippen LogP contribution in [0.4, 0.5) is 0 Å². The molecule has 132 valence electrons. The van der Waals surface area contributed by atoms with E-state index in [9.17, 15) is 9.59 Å². The van der Waals surface area contributed by atoms with E-state index in [1.165, 1.54) is 0 Å². The lowest BCUT2D eigenvalue weighted by Gasteiger charge is -2.08. The molecule has 2 rings (SSSR count). The molecule has 0 aliphatic rings. The standard InChI is InChI=1S/C20H22ClNO3/c1-14-3-4-15(2)18(13-14)19(23)9-10-20(24)22-11-12-25-17-7-5-16(21)6-8-17/h3-8,13H,9-12H2,1-2H3,(H,22,24). The van der Waals surface area contributed by atoms with Crippen LogP contribution < -0.4 is 10.1 Å². The lowest BCUT2D eigenvalue weighted by atomic mass is 9.99. The number of benzene rings is 2. The lowest BCUT2D eigenvalue weighted by molar-refractivity contribution is -0.121. The molecular weight excluding hydrogens is 338 g/mol. The number of carbonyl (C=O) groups is 2. The van der Waals surface area contributed by atoms with Crippen LogP contribution in [0.2, 0.25) is 5.02 Å². The van der Waals surface area contributed by atoms with Crippen molar-refractivity contribution in [1.82, 2.24) is 5.32 Å². The van der Waals surface area contributed by atoms with Crippen LogP contribution >= 0.6 is 11.6 Å². The lowest BCUT2D eigenvalue weighted by Crippen LogP contribution is -2.28. The van der Waals surface area contributed by atoms with E-state index in [-0.39, 0.29) is 24.5 Å². The molecule has 0 unspecified atom stereocenters. The highest BCUT2D eigenvalue weighted by molar-refractivity contribution is 6.30. The largest absolute Gasteiger partial charge is 0.492 e. The fourth-order valence-corrected chi connectivity index (χ4v) is 2.50. The molecule has 0 heterocycles. The number of rotatable bonds is 8. The number of Topliss-reactive ketones (excluding diaryl/α,β-unsaturated/α-hetero) is 1. The summed E-state index contributed by atoms with van der Waals surface area (Å²) in [5.41, 5.74) is 2.67. The molecule has 0 aliphatic carbocycles. The number of hydrogen-bond acceptors (Lipinski definition) is 3. The first-order valence-electron chi connectivity index (χ1n) is 8.21. The number of hydrogen-bond donors (Lipinski definition) is 1. The van der Waals surface area contributed by atoms with Gasteiger partial charge in [0, 0.05) is 23.4 Å². The molecule has 0 saturated carbocycles. The number of aryl methyl sites for hydroxylation is 2. The predicted octanol–water partition coefficient (Wildman–Crippen LogP) is 4.11. The summed E-state index contributed by atoms with van der Waals surface area (Å²) in [7, 11) is 0. The molecule has 0 atom stereocenters. The number of carbonyl (C=O) groups excluding carboxylic acids is 2. The van der Waals surface area contributed by atoms with Crippen LogP contribution in [-0.2, 0) is 4.79 Å². The van der Waals surface area contributed by atoms with Gasteiger partial charge in [0.1, 0.15) is 12.4 Å². The van der Waals surface area contributed by atoms with Crippen LogP contribution in [-0.4, -0.2) is 24.8 Å². The third kappa shape index (κ3) is 6.24. The zero-order valence-corrected chi connectivity index (χ0v) is 15.2. The van der Waals surface area contributed by atoms with Crippen LogP contribution in [0.3, 0.4) is 0 Å². The highest BCUT2D eigenvalue weighted by Gasteiger charge is 2.11. The Balaban J connectivity index is 1.69. The highest BCUT2D eigenvalue weighted by Crippen LogP contribution is 2.15. The molecule has 0 bridgehead atoms. The highest BCUT2D eigenvalue weighted by atomic mass is 35.5. The first-order valence-corrected chi connectivity index (χ1v) is 8.59. The molecule has 2 aromatic rings. The minimum atomic E-state index is -0.154. The molecule has 25 heavy (non-hydrogen) atoms. The maximum absolute atomic E-state index is 12.2. The van der Waals surface area contributed by atoms with Crippen LogP contribution in [0.5, 0.6) is 5.75 Å². The van der Waals surface area contributed by atoms with Gasteiger partial charge < -0.3 is 10.1 Å². The first-order chi connectivity index (χ1) is 12.0. The van der Waals surface area contributed by atoms with E-state index in [4.69, 9.17) is 16.3 Å². The van der Waals surface area contributed by atoms with E-state index in [1.807, 2.05) is 32.0 Å². The van der Waals surface area contributed by atoms with Gasteiger partial charge in [0.2, 0.25) is 5.91 Å². The number of ketones is 1. The summed E-state index contributed by atoms with van der Waals surface area (Å²) < 4.78 is 5.49. The van der Waals surface area contributed by atoms with E-state index in [0.717, 1.165) is 11.1 Å². The zero-order chi connectivity index (χ0) is 18.2. The third-order valence-electron chi connectivity index (χ3n) is 3.78. The molecule has 0 fully saturated rings. The Hall–Kier alpha value is -2.33. The third-order valence-corrected chi connectivity index (χ3v) is 4.03. The predicted molar refractivity (Wildman–Crippen MR) is 99.4 cm³/mol. The van der Waals surface area contributed by atoms with Crippen LogP contribution in [0.25, 0.3) is 0 Å². The van der Waals surface area contributed by atoms with Gasteiger partial charge in [-0.25, -0.2) is 0 Å². The SMILES string of the molecule is Cc1ccc(C)c(C(=O)CCC(=O)NCCOc2ccc(Cl)cc2)c1. The minimum Gasteiger partial charge on any atom is -0.492 e. The van der Waals surface area contributed by atoms with Crippen molar-refractivity contribution in [3.8, 4) is 5.75 Å². The summed E-state index contributed by atoms with van der Waals surface area (Å²) in [6, 6.07) is 12.8. The molecule has 0 radical (unpaired) electrons. The van der Waals surface area contributed by atoms with Crippen LogP contribution in [0, 0.1) is 13.8 Å². The van der Waals surface area contributed by atoms with Crippen LogP contribution in [0.1, 0.15) is 34.3 Å². The van der Waals surface area contributed by atoms with Gasteiger partial charge in [-0.1, -0.05) is 29.3 Å². The van der Waals surface area contributed by atoms with Crippen molar-refractivity contribution in [2.24, 2.45) is 0 Å². The Morgan fingerprint density at radius 3 is 2.48 bits per heavy atom. The van der Waals surface area contributed by atoms with Crippen molar-refractivity contribution in [2.75, 3.05) is 13.2 Å². The molecule has 0 aromatic heterocycles. The molecule has 0 spiro atoms. The van der Waals surface area contributed by atoms with Gasteiger partial charge in [-0.2, -0.15) is 0 Å². The molecule has 0 saturated heterocycles. The Bertz CT molecular complexity index is 741. The van der Waals surface area contributed by atoms with Gasteiger partial charge in [0.25, 0.3) is 0 Å². The normalized spacial score (nSPS) is 10.4. The Morgan fingerprint density at radius 2 is 1.76 bits per heavy atom. The van der Waals surface area contributed by atoms with E-state index < -0.39 is 0 Å². The Labute approximate surface area is 153 Å². The summed E-state index contributed by atoms with van der Waals surface area (Å²) in [6.45, 7) is 4.60. The van der Waals surface area contributed by atoms with Crippen molar-refractivity contribution in [1.29, 1.82) is 0 Å². The van der Waals surface area contributed by atoms with Gasteiger partial charge in [0.15, 0.2) is 5.78 Å². The maximum atomic E-state index is 12.2. The zero-order valence-electron chi connectivity index (χ0n) is 14.5. The monoisotopic (exact) mass is 359 g/mol. The van der Waals surface area contributed by atoms with Crippen molar-refractivity contribution in [2.45, 2.75) is 26.7 Å². The smallest absolute Gasteiger partial charge is 0.220 e. The minimum absolute atomic E-state index is 0.00577. The fourth-order valence-electron chi connectivity index (χ4n) is 2.38. The summed E-state index contributed by atoms with van der Waals surface area (Å²) >= 11 is 5.80. The van der Waals surface area contributed by atoms with Gasteiger partial charge in [-0.15, -0.1) is 0 Å². The summed E-state index contributed by atoms with van der Waals surface area (Å²) in [5.74, 6) is 0.538. The molecular formula is C20H22ClNO3. The van der Waals surface area contributed by atoms with E-state index in [2.05, 4.69) is 5.32 Å². The quantitative estimate of drug-likeness (QED) is 0.570. The summed E-state index contributed by atoms with van der Waals surface area (Å²) in [4.78, 5) is 24.1. The number of halogens is 1. The Morgan fingerprint density at radius 1 is 1.04 bits per heavy atom. The van der Waals surface area contributed by atoms with Gasteiger partial charge in [-0.3, -0.25) is 9.59 Å². The number of nitrogens with one attached hydrogen (secondary N) is 1. The van der Waals surface area contributed by atoms with Gasteiger partial charge in [-0.05, 0) is 49.7 Å². The average molecular weight is 360 g/mol. The second-order valence-electron chi connectivity index (χ2n) is 5.89. The number of ether oxygens (including phenoxy) is 1. The van der Waals surface area contributed by atoms with Crippen molar-refractivity contribution >= 4 is 23.3 Å². The second kappa shape index (κ2) is 9.23. The topological polar surface area (TPSA) is 55.4 Å². The molecule has 0 aliphatic heterocycles. The van der Waals surface area contributed by atoms with Crippen LogP contribution in [0.15, 0.2) is 42.5 Å². The molecule has 4 nitrogen and oxygen atoms in total. The summed E-state index contributed by atoms with van der Waals surface area (Å²) in [6.07, 6.45) is 0.376. The van der Waals surface area contributed by atoms with Crippen molar-refractivity contribution in [3.05, 3.63) is 64.2 Å². The van der Waals surface area contributed by atoms with Gasteiger partial charge >= 0.3 is 0 Å². The van der Waals surface area contributed by atoms with Crippen molar-refractivity contribution < 1.29 is 14.3 Å². The average Bonchev–Trinajstić information content (AvgIpc) is 2.60. The fraction of sp³-hybridized carbons (Fsp3) is 0.300. The Kier molecular flexibility index (Phi) is 7.02. The second-order valence-corrected chi connectivity index (χ2v) is 6.33. The molecule has 1 N–H and O–H groups in total. The molecule has 1 amide bonds. The van der Waals surface area contributed by atoms with E-state index in [0.29, 0.717) is 29.5 Å². The summed E-state index contributed by atoms with van der Waals surface area (Å²) in [5, 5.41) is 3.40. The van der Waals surface area contributed by atoms with E-state index >= 15 is 0 Å². The maximum Gasteiger partial charge on any atom is 0.220 e. The van der Waals surface area contributed by atoms with Crippen molar-refractivity contribution in [3.63, 3.8) is 0 Å².